The summed E-state index contributed by atoms with van der Waals surface area (Å²) in [5, 5.41) is 8.96. The molecule has 1 amide bonds. The van der Waals surface area contributed by atoms with E-state index in [-0.39, 0.29) is 5.91 Å². The Labute approximate surface area is 117 Å². The second-order valence-electron chi connectivity index (χ2n) is 4.57. The molecule has 2 rings (SSSR count). The Hall–Kier alpha value is -2.56. The van der Waals surface area contributed by atoms with Gasteiger partial charge in [0.25, 0.3) is 5.91 Å². The van der Waals surface area contributed by atoms with Gasteiger partial charge in [-0.1, -0.05) is 6.07 Å². The Morgan fingerprint density at radius 2 is 1.85 bits per heavy atom. The topological polar surface area (TPSA) is 62.5 Å². The van der Waals surface area contributed by atoms with E-state index in [1.165, 1.54) is 18.9 Å². The van der Waals surface area contributed by atoms with Crippen LogP contribution in [0.25, 0.3) is 5.69 Å². The number of likely N-dealkylation sites (N-methyl/N-ethyl adjacent to an activating group) is 1. The lowest BCUT2D eigenvalue weighted by atomic mass is 10.1. The first-order chi connectivity index (χ1) is 9.50. The van der Waals surface area contributed by atoms with Crippen molar-refractivity contribution < 1.29 is 14.7 Å². The van der Waals surface area contributed by atoms with Gasteiger partial charge in [0, 0.05) is 30.7 Å². The van der Waals surface area contributed by atoms with Crippen molar-refractivity contribution in [1.82, 2.24) is 9.47 Å². The van der Waals surface area contributed by atoms with Gasteiger partial charge in [-0.2, -0.15) is 0 Å². The first-order valence-electron chi connectivity index (χ1n) is 6.24. The zero-order valence-electron chi connectivity index (χ0n) is 11.4. The summed E-state index contributed by atoms with van der Waals surface area (Å²) in [5.74, 6) is -1.34. The van der Waals surface area contributed by atoms with Gasteiger partial charge in [-0.05, 0) is 37.3 Å². The standard InChI is InChI=1S/C15H16N2O3/c1-11(15(19)20)16(2)14(18)12-6-5-7-13(10-12)17-8-3-4-9-17/h3-11H,1-2H3,(H,19,20). The van der Waals surface area contributed by atoms with Crippen LogP contribution in [-0.2, 0) is 4.79 Å². The molecule has 1 N–H and O–H groups in total. The molecule has 0 saturated carbocycles. The van der Waals surface area contributed by atoms with Gasteiger partial charge >= 0.3 is 5.97 Å². The highest BCUT2D eigenvalue weighted by atomic mass is 16.4. The van der Waals surface area contributed by atoms with E-state index in [4.69, 9.17) is 5.11 Å². The number of nitrogens with zero attached hydrogens (tertiary/aromatic N) is 2. The van der Waals surface area contributed by atoms with Crippen LogP contribution in [0.2, 0.25) is 0 Å². The Morgan fingerprint density at radius 3 is 2.45 bits per heavy atom. The SMILES string of the molecule is CC(C(=O)O)N(C)C(=O)c1cccc(-n2cccc2)c1. The van der Waals surface area contributed by atoms with Gasteiger partial charge in [-0.3, -0.25) is 4.79 Å². The third kappa shape index (κ3) is 2.71. The van der Waals surface area contributed by atoms with Gasteiger partial charge in [0.1, 0.15) is 6.04 Å². The first kappa shape index (κ1) is 13.9. The summed E-state index contributed by atoms with van der Waals surface area (Å²) in [6.07, 6.45) is 3.76. The lowest BCUT2D eigenvalue weighted by Gasteiger charge is -2.21. The molecule has 1 aromatic carbocycles. The number of aromatic nitrogens is 1. The Morgan fingerprint density at radius 1 is 1.20 bits per heavy atom. The van der Waals surface area contributed by atoms with Crippen LogP contribution in [0, 0.1) is 0 Å². The fourth-order valence-electron chi connectivity index (χ4n) is 1.85. The monoisotopic (exact) mass is 272 g/mol. The fourth-order valence-corrected chi connectivity index (χ4v) is 1.85. The molecule has 5 heteroatoms. The zero-order valence-corrected chi connectivity index (χ0v) is 11.4. The summed E-state index contributed by atoms with van der Waals surface area (Å²) in [7, 11) is 1.49. The summed E-state index contributed by atoms with van der Waals surface area (Å²) in [4.78, 5) is 24.4. The third-order valence-electron chi connectivity index (χ3n) is 3.25. The van der Waals surface area contributed by atoms with Crippen LogP contribution in [-0.4, -0.2) is 39.5 Å². The number of carbonyl (C=O) groups is 2. The predicted octanol–water partition coefficient (Wildman–Crippen LogP) is 2.02. The van der Waals surface area contributed by atoms with Crippen LogP contribution in [0.4, 0.5) is 0 Å². The van der Waals surface area contributed by atoms with E-state index >= 15 is 0 Å². The number of carbonyl (C=O) groups excluding carboxylic acids is 1. The molecule has 0 spiro atoms. The van der Waals surface area contributed by atoms with Gasteiger partial charge in [-0.15, -0.1) is 0 Å². The summed E-state index contributed by atoms with van der Waals surface area (Å²) in [6.45, 7) is 1.48. The highest BCUT2D eigenvalue weighted by molar-refractivity contribution is 5.96. The summed E-state index contributed by atoms with van der Waals surface area (Å²) in [6, 6.07) is 10.0. The van der Waals surface area contributed by atoms with Crippen LogP contribution in [0.1, 0.15) is 17.3 Å². The van der Waals surface area contributed by atoms with Crippen molar-refractivity contribution in [3.63, 3.8) is 0 Å². The van der Waals surface area contributed by atoms with Crippen molar-refractivity contribution in [3.05, 3.63) is 54.4 Å². The number of hydrogen-bond donors (Lipinski definition) is 1. The van der Waals surface area contributed by atoms with E-state index in [1.54, 1.807) is 18.2 Å². The third-order valence-corrected chi connectivity index (χ3v) is 3.25. The minimum absolute atomic E-state index is 0.311. The van der Waals surface area contributed by atoms with Crippen molar-refractivity contribution in [3.8, 4) is 5.69 Å². The maximum Gasteiger partial charge on any atom is 0.326 e. The van der Waals surface area contributed by atoms with E-state index in [0.717, 1.165) is 5.69 Å². The van der Waals surface area contributed by atoms with Crippen molar-refractivity contribution in [2.75, 3.05) is 7.05 Å². The van der Waals surface area contributed by atoms with Crippen molar-refractivity contribution in [1.29, 1.82) is 0 Å². The number of amides is 1. The Kier molecular flexibility index (Phi) is 3.89. The number of carboxylic acids is 1. The van der Waals surface area contributed by atoms with E-state index in [1.807, 2.05) is 35.2 Å². The smallest absolute Gasteiger partial charge is 0.326 e. The second-order valence-corrected chi connectivity index (χ2v) is 4.57. The van der Waals surface area contributed by atoms with E-state index in [9.17, 15) is 9.59 Å². The molecule has 0 aliphatic heterocycles. The molecule has 0 bridgehead atoms. The minimum Gasteiger partial charge on any atom is -0.480 e. The van der Waals surface area contributed by atoms with Gasteiger partial charge in [-0.25, -0.2) is 4.79 Å². The van der Waals surface area contributed by atoms with Crippen LogP contribution in [0.3, 0.4) is 0 Å². The van der Waals surface area contributed by atoms with Gasteiger partial charge in [0.15, 0.2) is 0 Å². The molecular weight excluding hydrogens is 256 g/mol. The average molecular weight is 272 g/mol. The van der Waals surface area contributed by atoms with E-state index < -0.39 is 12.0 Å². The van der Waals surface area contributed by atoms with E-state index in [0.29, 0.717) is 5.56 Å². The van der Waals surface area contributed by atoms with Crippen LogP contribution in [0.15, 0.2) is 48.8 Å². The zero-order chi connectivity index (χ0) is 14.7. The van der Waals surface area contributed by atoms with Crippen molar-refractivity contribution in [2.24, 2.45) is 0 Å². The number of hydrogen-bond acceptors (Lipinski definition) is 2. The molecule has 1 aromatic heterocycles. The fraction of sp³-hybridized carbons (Fsp3) is 0.200. The molecule has 1 atom stereocenters. The van der Waals surface area contributed by atoms with Crippen LogP contribution < -0.4 is 0 Å². The maximum absolute atomic E-state index is 12.3. The number of rotatable bonds is 4. The Bertz CT molecular complexity index is 620. The van der Waals surface area contributed by atoms with Crippen LogP contribution in [0.5, 0.6) is 0 Å². The minimum atomic E-state index is -1.03. The average Bonchev–Trinajstić information content (AvgIpc) is 2.99. The van der Waals surface area contributed by atoms with E-state index in [2.05, 4.69) is 0 Å². The molecule has 0 aliphatic carbocycles. The number of carboxylic acid groups (broad SMARTS) is 1. The lowest BCUT2D eigenvalue weighted by molar-refractivity contribution is -0.141. The number of aliphatic carboxylic acids is 1. The molecule has 2 aromatic rings. The van der Waals surface area contributed by atoms with Crippen molar-refractivity contribution >= 4 is 11.9 Å². The van der Waals surface area contributed by atoms with Gasteiger partial charge in [0.05, 0.1) is 0 Å². The van der Waals surface area contributed by atoms with Gasteiger partial charge < -0.3 is 14.6 Å². The Balaban J connectivity index is 2.27. The van der Waals surface area contributed by atoms with Crippen LogP contribution >= 0.6 is 0 Å². The molecule has 0 radical (unpaired) electrons. The normalized spacial score (nSPS) is 11.9. The highest BCUT2D eigenvalue weighted by Gasteiger charge is 2.22. The number of benzene rings is 1. The summed E-state index contributed by atoms with van der Waals surface area (Å²) < 4.78 is 1.89. The molecule has 0 fully saturated rings. The maximum atomic E-state index is 12.3. The van der Waals surface area contributed by atoms with Gasteiger partial charge in [0.2, 0.25) is 0 Å². The lowest BCUT2D eigenvalue weighted by Crippen LogP contribution is -2.40. The molecule has 104 valence electrons. The van der Waals surface area contributed by atoms with Crippen molar-refractivity contribution in [2.45, 2.75) is 13.0 Å². The molecule has 20 heavy (non-hydrogen) atoms. The highest BCUT2D eigenvalue weighted by Crippen LogP contribution is 2.13. The molecule has 5 nitrogen and oxygen atoms in total. The first-order valence-corrected chi connectivity index (χ1v) is 6.24. The second kappa shape index (κ2) is 5.61. The molecule has 0 aliphatic rings. The quantitative estimate of drug-likeness (QED) is 0.926. The summed E-state index contributed by atoms with van der Waals surface area (Å²) >= 11 is 0. The largest absolute Gasteiger partial charge is 0.480 e. The molecule has 1 unspecified atom stereocenters. The molecule has 0 saturated heterocycles. The molecular formula is C15H16N2O3. The molecule has 1 heterocycles. The predicted molar refractivity (Wildman–Crippen MR) is 75.0 cm³/mol. The summed E-state index contributed by atoms with van der Waals surface area (Å²) in [5.41, 5.74) is 1.32.